The van der Waals surface area contributed by atoms with Gasteiger partial charge < -0.3 is 16.4 Å². The molecule has 6 heteroatoms. The Morgan fingerprint density at radius 1 is 1.39 bits per heavy atom. The van der Waals surface area contributed by atoms with Gasteiger partial charge in [-0.2, -0.15) is 0 Å². The van der Waals surface area contributed by atoms with Crippen molar-refractivity contribution < 1.29 is 9.59 Å². The van der Waals surface area contributed by atoms with Gasteiger partial charge in [0.2, 0.25) is 5.91 Å². The van der Waals surface area contributed by atoms with Crippen molar-refractivity contribution in [3.05, 3.63) is 23.9 Å². The molecule has 18 heavy (non-hydrogen) atoms. The number of primary amides is 1. The summed E-state index contributed by atoms with van der Waals surface area (Å²) >= 11 is 0. The number of nitrogens with one attached hydrogen (secondary N) is 2. The van der Waals surface area contributed by atoms with Crippen molar-refractivity contribution in [1.82, 2.24) is 10.3 Å². The number of nitrogens with two attached hydrogens (primary N) is 1. The summed E-state index contributed by atoms with van der Waals surface area (Å²) < 4.78 is 0. The van der Waals surface area contributed by atoms with Crippen LogP contribution < -0.4 is 16.4 Å². The first kappa shape index (κ1) is 14.0. The van der Waals surface area contributed by atoms with Crippen LogP contribution in [-0.4, -0.2) is 29.9 Å². The molecule has 1 aromatic rings. The molecule has 6 nitrogen and oxygen atoms in total. The summed E-state index contributed by atoms with van der Waals surface area (Å²) in [5.41, 5.74) is 5.49. The molecule has 0 atom stereocenters. The van der Waals surface area contributed by atoms with E-state index in [-0.39, 0.29) is 18.2 Å². The van der Waals surface area contributed by atoms with Gasteiger partial charge >= 0.3 is 0 Å². The third-order valence-corrected chi connectivity index (χ3v) is 2.27. The summed E-state index contributed by atoms with van der Waals surface area (Å²) in [6.07, 6.45) is 2.34. The highest BCUT2D eigenvalue weighted by Crippen LogP contribution is 2.04. The molecule has 0 aliphatic carbocycles. The van der Waals surface area contributed by atoms with Crippen molar-refractivity contribution in [1.29, 1.82) is 0 Å². The third-order valence-electron chi connectivity index (χ3n) is 2.27. The lowest BCUT2D eigenvalue weighted by molar-refractivity contribution is -0.118. The van der Waals surface area contributed by atoms with E-state index in [1.54, 1.807) is 12.1 Å². The zero-order chi connectivity index (χ0) is 13.4. The first-order valence-corrected chi connectivity index (χ1v) is 5.90. The highest BCUT2D eigenvalue weighted by molar-refractivity contribution is 5.94. The van der Waals surface area contributed by atoms with Gasteiger partial charge in [-0.15, -0.1) is 0 Å². The fourth-order valence-electron chi connectivity index (χ4n) is 1.38. The lowest BCUT2D eigenvalue weighted by Crippen LogP contribution is -2.25. The number of amides is 2. The third kappa shape index (κ3) is 4.82. The molecule has 0 aliphatic rings. The van der Waals surface area contributed by atoms with E-state index in [1.807, 2.05) is 6.92 Å². The van der Waals surface area contributed by atoms with Crippen LogP contribution in [0.25, 0.3) is 0 Å². The monoisotopic (exact) mass is 250 g/mol. The average Bonchev–Trinajstić information content (AvgIpc) is 2.35. The molecule has 0 aromatic carbocycles. The highest BCUT2D eigenvalue weighted by atomic mass is 16.2. The van der Waals surface area contributed by atoms with E-state index in [9.17, 15) is 9.59 Å². The normalized spacial score (nSPS) is 9.83. The van der Waals surface area contributed by atoms with Gasteiger partial charge in [0, 0.05) is 25.7 Å². The fourth-order valence-corrected chi connectivity index (χ4v) is 1.38. The van der Waals surface area contributed by atoms with Crippen LogP contribution in [0.15, 0.2) is 18.3 Å². The lowest BCUT2D eigenvalue weighted by atomic mass is 10.2. The van der Waals surface area contributed by atoms with Crippen LogP contribution in [0.3, 0.4) is 0 Å². The van der Waals surface area contributed by atoms with Crippen LogP contribution in [0, 0.1) is 0 Å². The standard InChI is InChI=1S/C12H18N4O2/c1-2-14-11-6-5-9(8-16-11)12(18)15-7-3-4-10(13)17/h5-6,8H,2-4,7H2,1H3,(H2,13,17)(H,14,16)(H,15,18). The van der Waals surface area contributed by atoms with Crippen LogP contribution in [0.1, 0.15) is 30.1 Å². The maximum Gasteiger partial charge on any atom is 0.252 e. The molecule has 4 N–H and O–H groups in total. The smallest absolute Gasteiger partial charge is 0.252 e. The number of hydrogen-bond donors (Lipinski definition) is 3. The van der Waals surface area contributed by atoms with Crippen molar-refractivity contribution in [2.45, 2.75) is 19.8 Å². The molecule has 0 aliphatic heterocycles. The van der Waals surface area contributed by atoms with Gasteiger partial charge in [0.25, 0.3) is 5.91 Å². The summed E-state index contributed by atoms with van der Waals surface area (Å²) in [6.45, 7) is 3.18. The molecule has 0 fully saturated rings. The summed E-state index contributed by atoms with van der Waals surface area (Å²) in [4.78, 5) is 26.3. The predicted octanol–water partition coefficient (Wildman–Crippen LogP) is 0.509. The maximum absolute atomic E-state index is 11.7. The molecule has 0 spiro atoms. The summed E-state index contributed by atoms with van der Waals surface area (Å²) in [6, 6.07) is 3.45. The molecular weight excluding hydrogens is 232 g/mol. The molecule has 0 saturated carbocycles. The van der Waals surface area contributed by atoms with Gasteiger partial charge in [0.1, 0.15) is 5.82 Å². The second-order valence-corrected chi connectivity index (χ2v) is 3.79. The molecule has 0 unspecified atom stereocenters. The van der Waals surface area contributed by atoms with Crippen molar-refractivity contribution in [3.8, 4) is 0 Å². The molecule has 2 amide bonds. The van der Waals surface area contributed by atoms with Crippen molar-refractivity contribution in [2.75, 3.05) is 18.4 Å². The summed E-state index contributed by atoms with van der Waals surface area (Å²) in [7, 11) is 0. The predicted molar refractivity (Wildman–Crippen MR) is 69.2 cm³/mol. The minimum atomic E-state index is -0.360. The lowest BCUT2D eigenvalue weighted by Gasteiger charge is -2.05. The Kier molecular flexibility index (Phi) is 5.63. The van der Waals surface area contributed by atoms with E-state index in [1.165, 1.54) is 6.20 Å². The van der Waals surface area contributed by atoms with Crippen molar-refractivity contribution in [3.63, 3.8) is 0 Å². The number of hydrogen-bond acceptors (Lipinski definition) is 4. The zero-order valence-electron chi connectivity index (χ0n) is 10.4. The number of aromatic nitrogens is 1. The van der Waals surface area contributed by atoms with E-state index in [4.69, 9.17) is 5.73 Å². The molecule has 0 bridgehead atoms. The first-order chi connectivity index (χ1) is 8.63. The molecule has 1 rings (SSSR count). The van der Waals surface area contributed by atoms with Gasteiger partial charge in [-0.05, 0) is 25.5 Å². The quantitative estimate of drug-likeness (QED) is 0.614. The zero-order valence-corrected chi connectivity index (χ0v) is 10.4. The molecule has 0 saturated heterocycles. The van der Waals surface area contributed by atoms with Gasteiger partial charge in [-0.3, -0.25) is 9.59 Å². The Morgan fingerprint density at radius 3 is 2.72 bits per heavy atom. The summed E-state index contributed by atoms with van der Waals surface area (Å²) in [5.74, 6) is 0.179. The van der Waals surface area contributed by atoms with Crippen molar-refractivity contribution in [2.24, 2.45) is 5.73 Å². The van der Waals surface area contributed by atoms with Gasteiger partial charge in [-0.1, -0.05) is 0 Å². The number of carbonyl (C=O) groups excluding carboxylic acids is 2. The van der Waals surface area contributed by atoms with Crippen LogP contribution in [0.4, 0.5) is 5.82 Å². The molecule has 0 radical (unpaired) electrons. The van der Waals surface area contributed by atoms with E-state index in [2.05, 4.69) is 15.6 Å². The minimum absolute atomic E-state index is 0.199. The molecule has 1 heterocycles. The Bertz CT molecular complexity index is 403. The topological polar surface area (TPSA) is 97.1 Å². The van der Waals surface area contributed by atoms with Crippen LogP contribution >= 0.6 is 0 Å². The second-order valence-electron chi connectivity index (χ2n) is 3.79. The maximum atomic E-state index is 11.7. The average molecular weight is 250 g/mol. The molecular formula is C12H18N4O2. The Morgan fingerprint density at radius 2 is 2.17 bits per heavy atom. The van der Waals surface area contributed by atoms with Crippen LogP contribution in [0.5, 0.6) is 0 Å². The van der Waals surface area contributed by atoms with Crippen molar-refractivity contribution >= 4 is 17.6 Å². The SMILES string of the molecule is CCNc1ccc(C(=O)NCCCC(N)=O)cn1. The van der Waals surface area contributed by atoms with E-state index in [0.29, 0.717) is 18.5 Å². The minimum Gasteiger partial charge on any atom is -0.370 e. The van der Waals surface area contributed by atoms with Crippen LogP contribution in [-0.2, 0) is 4.79 Å². The Balaban J connectivity index is 2.39. The second kappa shape index (κ2) is 7.26. The number of pyridine rings is 1. The molecule has 1 aromatic heterocycles. The Hall–Kier alpha value is -2.11. The van der Waals surface area contributed by atoms with E-state index in [0.717, 1.165) is 12.4 Å². The number of rotatable bonds is 7. The highest BCUT2D eigenvalue weighted by Gasteiger charge is 2.05. The first-order valence-electron chi connectivity index (χ1n) is 5.90. The van der Waals surface area contributed by atoms with Gasteiger partial charge in [0.15, 0.2) is 0 Å². The number of nitrogens with zero attached hydrogens (tertiary/aromatic N) is 1. The Labute approximate surface area is 106 Å². The van der Waals surface area contributed by atoms with Gasteiger partial charge in [-0.25, -0.2) is 4.98 Å². The number of anilines is 1. The van der Waals surface area contributed by atoms with E-state index < -0.39 is 0 Å². The van der Waals surface area contributed by atoms with Crippen LogP contribution in [0.2, 0.25) is 0 Å². The fraction of sp³-hybridized carbons (Fsp3) is 0.417. The number of carbonyl (C=O) groups is 2. The van der Waals surface area contributed by atoms with Gasteiger partial charge in [0.05, 0.1) is 5.56 Å². The van der Waals surface area contributed by atoms with E-state index >= 15 is 0 Å². The summed E-state index contributed by atoms with van der Waals surface area (Å²) in [5, 5.41) is 5.74. The largest absolute Gasteiger partial charge is 0.370 e. The molecule has 98 valence electrons.